The van der Waals surface area contributed by atoms with Gasteiger partial charge in [-0.25, -0.2) is 31.1 Å². The van der Waals surface area contributed by atoms with Gasteiger partial charge in [0.1, 0.15) is 11.0 Å². The Labute approximate surface area is 224 Å². The molecule has 0 spiro atoms. The van der Waals surface area contributed by atoms with Gasteiger partial charge in [0.15, 0.2) is 5.82 Å². The lowest BCUT2D eigenvalue weighted by Crippen LogP contribution is -2.61. The molecule has 1 saturated carbocycles. The number of benzene rings is 1. The fraction of sp³-hybridized carbons (Fsp3) is 0.520. The number of nitrogens with zero attached hydrogens (tertiary/aromatic N) is 7. The second-order valence-electron chi connectivity index (χ2n) is 10.7. The summed E-state index contributed by atoms with van der Waals surface area (Å²) in [5.41, 5.74) is 1.67. The smallest absolute Gasteiger partial charge is 0.280 e. The van der Waals surface area contributed by atoms with Crippen molar-refractivity contribution in [3.05, 3.63) is 30.2 Å². The van der Waals surface area contributed by atoms with Crippen LogP contribution in [0.25, 0.3) is 27.7 Å². The Hall–Kier alpha value is -3.59. The molecule has 3 fully saturated rings. The van der Waals surface area contributed by atoms with Gasteiger partial charge in [0.25, 0.3) is 11.8 Å². The number of hydrogen-bond acceptors (Lipinski definition) is 8. The third-order valence-electron chi connectivity index (χ3n) is 7.99. The van der Waals surface area contributed by atoms with Crippen LogP contribution in [0, 0.1) is 5.82 Å². The van der Waals surface area contributed by atoms with Crippen LogP contribution in [0.4, 0.5) is 27.9 Å². The first-order valence-electron chi connectivity index (χ1n) is 12.9. The van der Waals surface area contributed by atoms with E-state index in [1.54, 1.807) is 23.1 Å². The lowest BCUT2D eigenvalue weighted by Gasteiger charge is -2.44. The Kier molecular flexibility index (Phi) is 5.69. The van der Waals surface area contributed by atoms with Gasteiger partial charge in [0.05, 0.1) is 62.3 Å². The highest BCUT2D eigenvalue weighted by atomic mass is 19.3. The van der Waals surface area contributed by atoms with Crippen LogP contribution < -0.4 is 10.1 Å². The predicted molar refractivity (Wildman–Crippen MR) is 132 cm³/mol. The molecule has 2 saturated heterocycles. The molecule has 1 aromatic carbocycles. The molecule has 4 aromatic rings. The fourth-order valence-corrected chi connectivity index (χ4v) is 5.71. The van der Waals surface area contributed by atoms with Gasteiger partial charge in [0, 0.05) is 19.4 Å². The highest BCUT2D eigenvalue weighted by Crippen LogP contribution is 2.46. The van der Waals surface area contributed by atoms with Crippen molar-refractivity contribution in [3.8, 4) is 17.0 Å². The van der Waals surface area contributed by atoms with Crippen LogP contribution >= 0.6 is 0 Å². The minimum atomic E-state index is -3.05. The third-order valence-corrected chi connectivity index (χ3v) is 7.99. The van der Waals surface area contributed by atoms with Crippen LogP contribution in [0.3, 0.4) is 0 Å². The van der Waals surface area contributed by atoms with Gasteiger partial charge in [-0.2, -0.15) is 4.98 Å². The molecule has 10 nitrogen and oxygen atoms in total. The fourth-order valence-electron chi connectivity index (χ4n) is 5.71. The molecule has 0 unspecified atom stereocenters. The van der Waals surface area contributed by atoms with Gasteiger partial charge in [-0.15, -0.1) is 10.2 Å². The molecule has 1 aliphatic carbocycles. The van der Waals surface area contributed by atoms with Gasteiger partial charge in [-0.3, -0.25) is 4.90 Å². The monoisotopic (exact) mass is 564 g/mol. The molecular formula is C25H25F5N8O2. The number of halogens is 5. The number of nitrogens with one attached hydrogen (secondary N) is 1. The number of anilines is 1. The Morgan fingerprint density at radius 1 is 1.12 bits per heavy atom. The summed E-state index contributed by atoms with van der Waals surface area (Å²) in [4.78, 5) is 6.02. The molecule has 0 amide bonds. The predicted octanol–water partition coefficient (Wildman–Crippen LogP) is 3.78. The van der Waals surface area contributed by atoms with Crippen LogP contribution in [0.2, 0.25) is 0 Å². The number of alkyl halides is 4. The summed E-state index contributed by atoms with van der Waals surface area (Å²) in [7, 11) is 1.34. The molecule has 3 aliphatic rings. The van der Waals surface area contributed by atoms with Crippen molar-refractivity contribution in [3.63, 3.8) is 0 Å². The zero-order chi connectivity index (χ0) is 27.8. The number of hydrogen-bond donors (Lipinski definition) is 1. The van der Waals surface area contributed by atoms with E-state index in [-0.39, 0.29) is 48.2 Å². The maximum absolute atomic E-state index is 15.4. The summed E-state index contributed by atoms with van der Waals surface area (Å²) in [5, 5.41) is 15.1. The van der Waals surface area contributed by atoms with Gasteiger partial charge in [-0.05, 0) is 24.1 Å². The van der Waals surface area contributed by atoms with Crippen LogP contribution in [0.5, 0.6) is 5.88 Å². The number of ether oxygens (including phenoxy) is 2. The van der Waals surface area contributed by atoms with Gasteiger partial charge in [0.2, 0.25) is 11.8 Å². The molecule has 3 aromatic heterocycles. The molecule has 1 N–H and O–H groups in total. The number of methoxy groups -OCH3 is 1. The standard InChI is InChI=1S/C25H25F5N8O2/c1-39-22-21-20(13-2-3-17-18(6-13)38(35-33-17)14-7-24(27,28)8-14)16(26)9-37(21)34-23(32-22)31-19-4-5-36(12-25(19,29)30)15-10-40-11-15/h2-3,6,9,14-15,19H,4-5,7-8,10-12H2,1H3,(H,31,34)/t19-/m1/s1. The highest BCUT2D eigenvalue weighted by Gasteiger charge is 2.48. The summed E-state index contributed by atoms with van der Waals surface area (Å²) in [6.45, 7) is 0.964. The molecule has 2 aliphatic heterocycles. The minimum Gasteiger partial charge on any atom is -0.479 e. The normalized spacial score (nSPS) is 23.3. The van der Waals surface area contributed by atoms with Crippen molar-refractivity contribution in [1.29, 1.82) is 0 Å². The molecule has 0 bridgehead atoms. The van der Waals surface area contributed by atoms with E-state index in [1.807, 2.05) is 0 Å². The summed E-state index contributed by atoms with van der Waals surface area (Å²) >= 11 is 0. The largest absolute Gasteiger partial charge is 0.479 e. The maximum Gasteiger partial charge on any atom is 0.280 e. The van der Waals surface area contributed by atoms with E-state index in [0.29, 0.717) is 36.4 Å². The molecular weight excluding hydrogens is 539 g/mol. The quantitative estimate of drug-likeness (QED) is 0.354. The van der Waals surface area contributed by atoms with E-state index < -0.39 is 36.3 Å². The Bertz CT molecular complexity index is 1600. The van der Waals surface area contributed by atoms with Gasteiger partial charge < -0.3 is 14.8 Å². The van der Waals surface area contributed by atoms with Gasteiger partial charge in [-0.1, -0.05) is 11.3 Å². The van der Waals surface area contributed by atoms with E-state index in [2.05, 4.69) is 25.7 Å². The van der Waals surface area contributed by atoms with E-state index in [9.17, 15) is 8.78 Å². The number of fused-ring (bicyclic) bond motifs is 2. The number of rotatable bonds is 6. The molecule has 0 radical (unpaired) electrons. The van der Waals surface area contributed by atoms with Crippen LogP contribution in [-0.4, -0.2) is 91.8 Å². The summed E-state index contributed by atoms with van der Waals surface area (Å²) in [5.74, 6) is -6.59. The van der Waals surface area contributed by atoms with E-state index in [4.69, 9.17) is 9.47 Å². The summed E-state index contributed by atoms with van der Waals surface area (Å²) < 4.78 is 85.6. The minimum absolute atomic E-state index is 0.00379. The first-order valence-corrected chi connectivity index (χ1v) is 12.9. The lowest BCUT2D eigenvalue weighted by molar-refractivity contribution is -0.131. The molecule has 5 heterocycles. The van der Waals surface area contributed by atoms with Crippen molar-refractivity contribution < 1.29 is 31.4 Å². The number of aromatic nitrogens is 6. The SMILES string of the molecule is COc1nc(N[C@@H]2CCN(C3COC3)CC2(F)F)nn2cc(F)c(-c3ccc4nnn(C5CC(F)(F)C5)c4c3)c12. The molecule has 15 heteroatoms. The molecule has 7 rings (SSSR count). The average Bonchev–Trinajstić information content (AvgIpc) is 3.41. The third kappa shape index (κ3) is 4.13. The molecule has 212 valence electrons. The second kappa shape index (κ2) is 8.96. The highest BCUT2D eigenvalue weighted by molar-refractivity contribution is 5.89. The summed E-state index contributed by atoms with van der Waals surface area (Å²) in [6, 6.07) is 3.15. The Morgan fingerprint density at radius 2 is 1.93 bits per heavy atom. The number of likely N-dealkylation sites (tertiary alicyclic amines) is 1. The van der Waals surface area contributed by atoms with Gasteiger partial charge >= 0.3 is 0 Å². The lowest BCUT2D eigenvalue weighted by atomic mass is 9.88. The first-order chi connectivity index (χ1) is 19.1. The van der Waals surface area contributed by atoms with Crippen molar-refractivity contribution in [2.45, 2.75) is 49.2 Å². The van der Waals surface area contributed by atoms with E-state index >= 15 is 13.2 Å². The first kappa shape index (κ1) is 25.4. The molecule has 1 atom stereocenters. The molecule has 40 heavy (non-hydrogen) atoms. The van der Waals surface area contributed by atoms with Crippen molar-refractivity contribution >= 4 is 22.5 Å². The zero-order valence-corrected chi connectivity index (χ0v) is 21.3. The van der Waals surface area contributed by atoms with Crippen molar-refractivity contribution in [1.82, 2.24) is 34.5 Å². The van der Waals surface area contributed by atoms with Crippen LogP contribution in [0.1, 0.15) is 25.3 Å². The Morgan fingerprint density at radius 3 is 2.60 bits per heavy atom. The zero-order valence-electron chi connectivity index (χ0n) is 21.3. The topological polar surface area (TPSA) is 94.6 Å². The van der Waals surface area contributed by atoms with Crippen LogP contribution in [0.15, 0.2) is 24.4 Å². The van der Waals surface area contributed by atoms with Crippen LogP contribution in [-0.2, 0) is 4.74 Å². The van der Waals surface area contributed by atoms with Crippen molar-refractivity contribution in [2.24, 2.45) is 0 Å². The average molecular weight is 565 g/mol. The van der Waals surface area contributed by atoms with E-state index in [1.165, 1.54) is 16.3 Å². The Balaban J connectivity index is 1.21. The number of piperidine rings is 1. The maximum atomic E-state index is 15.4. The summed E-state index contributed by atoms with van der Waals surface area (Å²) in [6.07, 6.45) is 0.588. The second-order valence-corrected chi connectivity index (χ2v) is 10.7. The van der Waals surface area contributed by atoms with Crippen molar-refractivity contribution in [2.75, 3.05) is 38.7 Å². The van der Waals surface area contributed by atoms with E-state index in [0.717, 1.165) is 6.20 Å².